The fraction of sp³-hybridized carbons (Fsp3) is 0.300. The number of anilines is 1. The molecule has 1 aliphatic heterocycles. The SMILES string of the molecule is CCCCN(CC)C(=O)c1ccc(NC2=NS(=O)(=O)c3ccccc32)cc1. The van der Waals surface area contributed by atoms with Gasteiger partial charge in [0.2, 0.25) is 0 Å². The van der Waals surface area contributed by atoms with Gasteiger partial charge >= 0.3 is 0 Å². The molecule has 0 fully saturated rings. The zero-order valence-electron chi connectivity index (χ0n) is 15.5. The van der Waals surface area contributed by atoms with Gasteiger partial charge in [-0.15, -0.1) is 4.40 Å². The van der Waals surface area contributed by atoms with E-state index in [1.54, 1.807) is 48.5 Å². The molecule has 1 N–H and O–H groups in total. The molecule has 7 heteroatoms. The van der Waals surface area contributed by atoms with Gasteiger partial charge in [-0.05, 0) is 49.7 Å². The number of sulfonamides is 1. The molecule has 0 aliphatic carbocycles. The van der Waals surface area contributed by atoms with Gasteiger partial charge < -0.3 is 10.2 Å². The molecule has 0 atom stereocenters. The van der Waals surface area contributed by atoms with Gasteiger partial charge in [-0.2, -0.15) is 8.42 Å². The molecule has 0 saturated heterocycles. The molecule has 0 spiro atoms. The number of nitrogens with zero attached hydrogens (tertiary/aromatic N) is 2. The van der Waals surface area contributed by atoms with Gasteiger partial charge in [-0.3, -0.25) is 4.79 Å². The Morgan fingerprint density at radius 1 is 1.07 bits per heavy atom. The second kappa shape index (κ2) is 7.92. The first-order valence-electron chi connectivity index (χ1n) is 9.07. The van der Waals surface area contributed by atoms with Crippen LogP contribution in [-0.4, -0.2) is 38.2 Å². The van der Waals surface area contributed by atoms with Gasteiger partial charge in [0.1, 0.15) is 4.90 Å². The summed E-state index contributed by atoms with van der Waals surface area (Å²) >= 11 is 0. The van der Waals surface area contributed by atoms with Gasteiger partial charge in [0.25, 0.3) is 15.9 Å². The number of hydrogen-bond donors (Lipinski definition) is 1. The van der Waals surface area contributed by atoms with Crippen molar-refractivity contribution in [3.8, 4) is 0 Å². The third-order valence-electron chi connectivity index (χ3n) is 4.48. The van der Waals surface area contributed by atoms with Crippen molar-refractivity contribution in [1.82, 2.24) is 4.90 Å². The van der Waals surface area contributed by atoms with Crippen molar-refractivity contribution in [2.24, 2.45) is 4.40 Å². The Labute approximate surface area is 160 Å². The topological polar surface area (TPSA) is 78.8 Å². The van der Waals surface area contributed by atoms with Crippen LogP contribution >= 0.6 is 0 Å². The van der Waals surface area contributed by atoms with E-state index >= 15 is 0 Å². The van der Waals surface area contributed by atoms with E-state index in [2.05, 4.69) is 16.6 Å². The molecule has 3 rings (SSSR count). The zero-order valence-corrected chi connectivity index (χ0v) is 16.3. The van der Waals surface area contributed by atoms with E-state index in [1.807, 2.05) is 11.8 Å². The lowest BCUT2D eigenvalue weighted by Crippen LogP contribution is -2.31. The van der Waals surface area contributed by atoms with E-state index < -0.39 is 10.0 Å². The summed E-state index contributed by atoms with van der Waals surface area (Å²) in [4.78, 5) is 14.6. The van der Waals surface area contributed by atoms with Crippen LogP contribution < -0.4 is 5.32 Å². The number of rotatable bonds is 6. The first-order valence-corrected chi connectivity index (χ1v) is 10.5. The minimum Gasteiger partial charge on any atom is -0.339 e. The summed E-state index contributed by atoms with van der Waals surface area (Å²) in [6.07, 6.45) is 2.02. The molecule has 6 nitrogen and oxygen atoms in total. The molecule has 0 saturated carbocycles. The highest BCUT2D eigenvalue weighted by atomic mass is 32.2. The monoisotopic (exact) mass is 385 g/mol. The molecule has 1 amide bonds. The maximum absolute atomic E-state index is 12.6. The van der Waals surface area contributed by atoms with Crippen molar-refractivity contribution < 1.29 is 13.2 Å². The van der Waals surface area contributed by atoms with Crippen LogP contribution in [0.25, 0.3) is 0 Å². The maximum Gasteiger partial charge on any atom is 0.285 e. The number of amidine groups is 1. The van der Waals surface area contributed by atoms with Crippen molar-refractivity contribution in [2.45, 2.75) is 31.6 Å². The second-order valence-electron chi connectivity index (χ2n) is 6.35. The molecular formula is C20H23N3O3S. The van der Waals surface area contributed by atoms with Crippen molar-refractivity contribution in [3.63, 3.8) is 0 Å². The Balaban J connectivity index is 1.76. The number of benzene rings is 2. The van der Waals surface area contributed by atoms with Crippen LogP contribution in [0.4, 0.5) is 5.69 Å². The fourth-order valence-corrected chi connectivity index (χ4v) is 4.14. The average Bonchev–Trinajstić information content (AvgIpc) is 2.93. The molecule has 0 radical (unpaired) electrons. The van der Waals surface area contributed by atoms with E-state index in [9.17, 15) is 13.2 Å². The minimum absolute atomic E-state index is 0.00336. The molecule has 27 heavy (non-hydrogen) atoms. The first kappa shape index (κ1) is 19.1. The van der Waals surface area contributed by atoms with E-state index in [1.165, 1.54) is 0 Å². The highest BCUT2D eigenvalue weighted by Gasteiger charge is 2.28. The Morgan fingerprint density at radius 2 is 1.78 bits per heavy atom. The molecule has 2 aromatic rings. The first-order chi connectivity index (χ1) is 13.0. The summed E-state index contributed by atoms with van der Waals surface area (Å²) in [6, 6.07) is 13.7. The third kappa shape index (κ3) is 4.03. The Kier molecular flexibility index (Phi) is 5.60. The van der Waals surface area contributed by atoms with Gasteiger partial charge in [-0.1, -0.05) is 25.5 Å². The Bertz CT molecular complexity index is 966. The Hall–Kier alpha value is -2.67. The number of carbonyl (C=O) groups is 1. The highest BCUT2D eigenvalue weighted by molar-refractivity contribution is 7.90. The average molecular weight is 385 g/mol. The highest BCUT2D eigenvalue weighted by Crippen LogP contribution is 2.26. The Morgan fingerprint density at radius 3 is 2.44 bits per heavy atom. The molecule has 142 valence electrons. The van der Waals surface area contributed by atoms with Crippen molar-refractivity contribution >= 4 is 27.5 Å². The van der Waals surface area contributed by atoms with Gasteiger partial charge in [-0.25, -0.2) is 0 Å². The number of hydrogen-bond acceptors (Lipinski definition) is 4. The number of nitrogens with one attached hydrogen (secondary N) is 1. The summed E-state index contributed by atoms with van der Waals surface area (Å²) < 4.78 is 28.0. The van der Waals surface area contributed by atoms with Crippen LogP contribution in [0.1, 0.15) is 42.6 Å². The number of amides is 1. The van der Waals surface area contributed by atoms with Crippen LogP contribution in [0.3, 0.4) is 0 Å². The van der Waals surface area contributed by atoms with Crippen molar-refractivity contribution in [3.05, 3.63) is 59.7 Å². The van der Waals surface area contributed by atoms with Crippen molar-refractivity contribution in [2.75, 3.05) is 18.4 Å². The molecule has 0 unspecified atom stereocenters. The summed E-state index contributed by atoms with van der Waals surface area (Å²) in [6.45, 7) is 5.49. The van der Waals surface area contributed by atoms with Crippen LogP contribution in [0.15, 0.2) is 57.8 Å². The summed E-state index contributed by atoms with van der Waals surface area (Å²) in [5.41, 5.74) is 1.84. The smallest absolute Gasteiger partial charge is 0.285 e. The van der Waals surface area contributed by atoms with Gasteiger partial charge in [0.15, 0.2) is 5.84 Å². The molecule has 0 aromatic heterocycles. The zero-order chi connectivity index (χ0) is 19.4. The lowest BCUT2D eigenvalue weighted by atomic mass is 10.1. The largest absolute Gasteiger partial charge is 0.339 e. The molecule has 0 bridgehead atoms. The summed E-state index contributed by atoms with van der Waals surface area (Å²) in [5, 5.41) is 3.04. The summed E-state index contributed by atoms with van der Waals surface area (Å²) in [5.74, 6) is 0.298. The van der Waals surface area contributed by atoms with Crippen molar-refractivity contribution in [1.29, 1.82) is 0 Å². The summed E-state index contributed by atoms with van der Waals surface area (Å²) in [7, 11) is -3.66. The number of carbonyl (C=O) groups excluding carboxylic acids is 1. The van der Waals surface area contributed by atoms with E-state index in [0.717, 1.165) is 19.4 Å². The normalized spacial score (nSPS) is 14.4. The minimum atomic E-state index is -3.66. The van der Waals surface area contributed by atoms with Gasteiger partial charge in [0.05, 0.1) is 0 Å². The lowest BCUT2D eigenvalue weighted by molar-refractivity contribution is 0.0762. The van der Waals surface area contributed by atoms with E-state index in [0.29, 0.717) is 29.2 Å². The lowest BCUT2D eigenvalue weighted by Gasteiger charge is -2.20. The number of fused-ring (bicyclic) bond motifs is 1. The van der Waals surface area contributed by atoms with Crippen LogP contribution in [0.2, 0.25) is 0 Å². The molecule has 1 aliphatic rings. The standard InChI is InChI=1S/C20H23N3O3S/c1-3-5-14-23(4-2)20(24)15-10-12-16(13-11-15)21-19-17-8-6-7-9-18(17)27(25,26)22-19/h6-13H,3-5,14H2,1-2H3,(H,21,22). The van der Waals surface area contributed by atoms with Gasteiger partial charge in [0, 0.05) is 29.9 Å². The van der Waals surface area contributed by atoms with Crippen LogP contribution in [-0.2, 0) is 10.0 Å². The predicted octanol–water partition coefficient (Wildman–Crippen LogP) is 3.51. The van der Waals surface area contributed by atoms with Crippen LogP contribution in [0.5, 0.6) is 0 Å². The van der Waals surface area contributed by atoms with E-state index in [4.69, 9.17) is 0 Å². The molecule has 2 aromatic carbocycles. The van der Waals surface area contributed by atoms with E-state index in [-0.39, 0.29) is 10.8 Å². The second-order valence-corrected chi connectivity index (χ2v) is 7.92. The fourth-order valence-electron chi connectivity index (χ4n) is 2.96. The number of unbranched alkanes of at least 4 members (excludes halogenated alkanes) is 1. The predicted molar refractivity (Wildman–Crippen MR) is 107 cm³/mol. The quantitative estimate of drug-likeness (QED) is 0.825. The molecule has 1 heterocycles. The van der Waals surface area contributed by atoms with Crippen LogP contribution in [0, 0.1) is 0 Å². The molecular weight excluding hydrogens is 362 g/mol. The third-order valence-corrected chi connectivity index (χ3v) is 5.81. The maximum atomic E-state index is 12.6.